The van der Waals surface area contributed by atoms with Crippen LogP contribution in [-0.2, 0) is 4.79 Å². The van der Waals surface area contributed by atoms with Crippen molar-refractivity contribution in [2.75, 3.05) is 0 Å². The van der Waals surface area contributed by atoms with Crippen LogP contribution in [0.5, 0.6) is 0 Å². The van der Waals surface area contributed by atoms with E-state index < -0.39 is 5.97 Å². The third kappa shape index (κ3) is 2.28. The fraction of sp³-hybridized carbons (Fsp3) is 0.960. The maximum absolute atomic E-state index is 12.3. The Morgan fingerprint density at radius 1 is 0.778 bits per heavy atom. The van der Waals surface area contributed by atoms with E-state index >= 15 is 0 Å². The molecular formula is C25H40O2. The molecule has 0 saturated heterocycles. The van der Waals surface area contributed by atoms with Crippen molar-refractivity contribution in [1.82, 2.24) is 0 Å². The van der Waals surface area contributed by atoms with Crippen LogP contribution in [0.15, 0.2) is 0 Å². The van der Waals surface area contributed by atoms with E-state index in [1.165, 1.54) is 57.8 Å². The van der Waals surface area contributed by atoms with Crippen molar-refractivity contribution in [1.29, 1.82) is 0 Å². The van der Waals surface area contributed by atoms with Crippen LogP contribution >= 0.6 is 0 Å². The molecule has 152 valence electrons. The second-order valence-corrected chi connectivity index (χ2v) is 11.9. The molecule has 0 spiro atoms. The number of hydrogen-bond donors (Lipinski definition) is 1. The Bertz CT molecular complexity index is 628. The molecule has 0 amide bonds. The number of carboxylic acid groups (broad SMARTS) is 1. The molecule has 5 aliphatic carbocycles. The highest BCUT2D eigenvalue weighted by molar-refractivity contribution is 5.75. The minimum absolute atomic E-state index is 0.356. The molecule has 0 aromatic rings. The molecule has 5 fully saturated rings. The van der Waals surface area contributed by atoms with E-state index in [-0.39, 0.29) is 5.41 Å². The average molecular weight is 373 g/mol. The normalized spacial score (nSPS) is 57.1. The summed E-state index contributed by atoms with van der Waals surface area (Å²) < 4.78 is 0. The largest absolute Gasteiger partial charge is 0.481 e. The van der Waals surface area contributed by atoms with Crippen molar-refractivity contribution in [3.8, 4) is 0 Å². The second-order valence-electron chi connectivity index (χ2n) is 11.9. The van der Waals surface area contributed by atoms with Crippen molar-refractivity contribution < 1.29 is 9.90 Å². The summed E-state index contributed by atoms with van der Waals surface area (Å²) in [6.07, 6.45) is 15.3. The van der Waals surface area contributed by atoms with Gasteiger partial charge in [-0.25, -0.2) is 0 Å². The van der Waals surface area contributed by atoms with E-state index in [9.17, 15) is 9.90 Å². The Kier molecular flexibility index (Phi) is 4.10. The van der Waals surface area contributed by atoms with Gasteiger partial charge in [-0.3, -0.25) is 4.79 Å². The molecule has 2 heteroatoms. The van der Waals surface area contributed by atoms with E-state index in [0.29, 0.717) is 22.7 Å². The van der Waals surface area contributed by atoms with Crippen LogP contribution < -0.4 is 0 Å². The van der Waals surface area contributed by atoms with Gasteiger partial charge in [-0.15, -0.1) is 0 Å². The Hall–Kier alpha value is -0.530. The Morgan fingerprint density at radius 2 is 1.48 bits per heavy atom. The summed E-state index contributed by atoms with van der Waals surface area (Å²) in [5, 5.41) is 10.1. The molecule has 1 N–H and O–H groups in total. The van der Waals surface area contributed by atoms with Gasteiger partial charge < -0.3 is 5.11 Å². The molecule has 0 radical (unpaired) electrons. The zero-order valence-corrected chi connectivity index (χ0v) is 17.8. The lowest BCUT2D eigenvalue weighted by molar-refractivity contribution is -0.190. The Labute approximate surface area is 165 Å². The fourth-order valence-electron chi connectivity index (χ4n) is 10.3. The number of fused-ring (bicyclic) bond motifs is 7. The van der Waals surface area contributed by atoms with Crippen molar-refractivity contribution in [2.45, 2.75) is 97.8 Å². The first-order valence-electron chi connectivity index (χ1n) is 12.1. The SMILES string of the molecule is CC1CCCC2(C)C1CCC1(C)C3CCC4(C(=O)O)CCCC4C3CCC21. The topological polar surface area (TPSA) is 37.3 Å². The zero-order valence-electron chi connectivity index (χ0n) is 17.8. The predicted molar refractivity (Wildman–Crippen MR) is 108 cm³/mol. The van der Waals surface area contributed by atoms with Crippen molar-refractivity contribution in [2.24, 2.45) is 51.8 Å². The quantitative estimate of drug-likeness (QED) is 0.567. The second kappa shape index (κ2) is 5.99. The maximum Gasteiger partial charge on any atom is 0.309 e. The minimum atomic E-state index is -0.465. The highest BCUT2D eigenvalue weighted by Gasteiger charge is 2.65. The molecule has 0 bridgehead atoms. The maximum atomic E-state index is 12.3. The standard InChI is InChI=1S/C25H40O2/c1-16-6-4-12-23(2)18(16)10-14-24(3)19-11-15-25(22(26)27)13-5-7-20(25)17(19)8-9-21(23)24/h16-21H,4-15H2,1-3H3,(H,26,27). The van der Waals surface area contributed by atoms with Crippen LogP contribution in [0.2, 0.25) is 0 Å². The third-order valence-electron chi connectivity index (χ3n) is 11.3. The first-order valence-corrected chi connectivity index (χ1v) is 12.1. The van der Waals surface area contributed by atoms with Gasteiger partial charge in [-0.2, -0.15) is 0 Å². The summed E-state index contributed by atoms with van der Waals surface area (Å²) >= 11 is 0. The molecule has 0 aromatic carbocycles. The molecule has 5 rings (SSSR count). The first kappa shape index (κ1) is 18.5. The number of carbonyl (C=O) groups is 1. The van der Waals surface area contributed by atoms with Gasteiger partial charge in [0.25, 0.3) is 0 Å². The van der Waals surface area contributed by atoms with Crippen LogP contribution in [0.25, 0.3) is 0 Å². The van der Waals surface area contributed by atoms with Crippen LogP contribution in [-0.4, -0.2) is 11.1 Å². The molecule has 27 heavy (non-hydrogen) atoms. The van der Waals surface area contributed by atoms with E-state index in [2.05, 4.69) is 20.8 Å². The van der Waals surface area contributed by atoms with E-state index in [1.54, 1.807) is 0 Å². The highest BCUT2D eigenvalue weighted by Crippen LogP contribution is 2.71. The predicted octanol–water partition coefficient (Wildman–Crippen LogP) is 6.54. The van der Waals surface area contributed by atoms with Gasteiger partial charge in [0.2, 0.25) is 0 Å². The van der Waals surface area contributed by atoms with Gasteiger partial charge in [0.05, 0.1) is 5.41 Å². The van der Waals surface area contributed by atoms with Gasteiger partial charge in [-0.05, 0) is 104 Å². The molecule has 0 heterocycles. The summed E-state index contributed by atoms with van der Waals surface area (Å²) in [4.78, 5) is 12.3. The fourth-order valence-corrected chi connectivity index (χ4v) is 10.3. The van der Waals surface area contributed by atoms with Gasteiger partial charge >= 0.3 is 5.97 Å². The van der Waals surface area contributed by atoms with Crippen molar-refractivity contribution >= 4 is 5.97 Å². The lowest BCUT2D eigenvalue weighted by Gasteiger charge is -2.67. The minimum Gasteiger partial charge on any atom is -0.481 e. The third-order valence-corrected chi connectivity index (χ3v) is 11.3. The number of hydrogen-bond acceptors (Lipinski definition) is 1. The van der Waals surface area contributed by atoms with E-state index in [1.807, 2.05) is 0 Å². The van der Waals surface area contributed by atoms with Crippen LogP contribution in [0.4, 0.5) is 0 Å². The Morgan fingerprint density at radius 3 is 2.26 bits per heavy atom. The van der Waals surface area contributed by atoms with Crippen molar-refractivity contribution in [3.63, 3.8) is 0 Å². The number of aliphatic carboxylic acids is 1. The van der Waals surface area contributed by atoms with E-state index in [0.717, 1.165) is 42.9 Å². The molecule has 2 nitrogen and oxygen atoms in total. The molecule has 9 unspecified atom stereocenters. The molecule has 5 saturated carbocycles. The smallest absolute Gasteiger partial charge is 0.309 e. The van der Waals surface area contributed by atoms with Crippen LogP contribution in [0, 0.1) is 51.8 Å². The van der Waals surface area contributed by atoms with Gasteiger partial charge in [0.1, 0.15) is 0 Å². The molecule has 0 aliphatic heterocycles. The summed E-state index contributed by atoms with van der Waals surface area (Å²) in [6, 6.07) is 0. The summed E-state index contributed by atoms with van der Waals surface area (Å²) in [5.41, 5.74) is 0.663. The zero-order chi connectivity index (χ0) is 19.0. The number of carboxylic acids is 1. The van der Waals surface area contributed by atoms with Gasteiger partial charge in [-0.1, -0.05) is 40.0 Å². The van der Waals surface area contributed by atoms with E-state index in [4.69, 9.17) is 0 Å². The lowest BCUT2D eigenvalue weighted by Crippen LogP contribution is -2.60. The summed E-state index contributed by atoms with van der Waals surface area (Å²) in [6.45, 7) is 7.84. The highest BCUT2D eigenvalue weighted by atomic mass is 16.4. The lowest BCUT2D eigenvalue weighted by atomic mass is 9.38. The molecule has 0 aromatic heterocycles. The Balaban J connectivity index is 1.48. The van der Waals surface area contributed by atoms with Gasteiger partial charge in [0.15, 0.2) is 0 Å². The molecule has 9 atom stereocenters. The van der Waals surface area contributed by atoms with Crippen LogP contribution in [0.1, 0.15) is 97.8 Å². The number of rotatable bonds is 1. The molecule has 5 aliphatic rings. The van der Waals surface area contributed by atoms with Crippen LogP contribution in [0.3, 0.4) is 0 Å². The van der Waals surface area contributed by atoms with Crippen molar-refractivity contribution in [3.05, 3.63) is 0 Å². The first-order chi connectivity index (χ1) is 12.8. The summed E-state index contributed by atoms with van der Waals surface area (Å²) in [5.74, 6) is 4.23. The molecular weight excluding hydrogens is 332 g/mol. The average Bonchev–Trinajstić information content (AvgIpc) is 3.07. The monoisotopic (exact) mass is 372 g/mol. The van der Waals surface area contributed by atoms with Gasteiger partial charge in [0, 0.05) is 0 Å². The summed E-state index contributed by atoms with van der Waals surface area (Å²) in [7, 11) is 0.